The number of fused-ring (bicyclic) bond motifs is 5. The minimum absolute atomic E-state index is 0.731. The van der Waals surface area contributed by atoms with Gasteiger partial charge in [0, 0.05) is 13.1 Å². The molecular weight excluding hydrogens is 368 g/mol. The van der Waals surface area contributed by atoms with Crippen molar-refractivity contribution in [2.75, 3.05) is 18.0 Å². The van der Waals surface area contributed by atoms with Crippen LogP contribution in [0.2, 0.25) is 0 Å². The number of hydrogen-bond acceptors (Lipinski definition) is 3. The van der Waals surface area contributed by atoms with E-state index in [1.807, 2.05) is 12.1 Å². The van der Waals surface area contributed by atoms with Gasteiger partial charge in [0.1, 0.15) is 11.9 Å². The summed E-state index contributed by atoms with van der Waals surface area (Å²) < 4.78 is 2.25. The van der Waals surface area contributed by atoms with Gasteiger partial charge in [0.05, 0.1) is 16.6 Å². The minimum Gasteiger partial charge on any atom is -0.357 e. The molecule has 0 unspecified atom stereocenters. The second kappa shape index (κ2) is 9.51. The van der Waals surface area contributed by atoms with E-state index in [2.05, 4.69) is 41.4 Å². The lowest BCUT2D eigenvalue weighted by molar-refractivity contribution is 0.562. The molecule has 4 nitrogen and oxygen atoms in total. The van der Waals surface area contributed by atoms with E-state index in [1.165, 1.54) is 69.2 Å². The molecule has 4 heteroatoms. The van der Waals surface area contributed by atoms with Crippen molar-refractivity contribution in [2.24, 2.45) is 0 Å². The van der Waals surface area contributed by atoms with E-state index in [0.717, 1.165) is 47.3 Å². The van der Waals surface area contributed by atoms with Crippen LogP contribution in [0.3, 0.4) is 0 Å². The summed E-state index contributed by atoms with van der Waals surface area (Å²) in [5.41, 5.74) is 6.07. The molecule has 1 aromatic carbocycles. The number of anilines is 1. The fourth-order valence-corrected chi connectivity index (χ4v) is 4.98. The van der Waals surface area contributed by atoms with Gasteiger partial charge in [-0.3, -0.25) is 4.40 Å². The molecule has 0 saturated carbocycles. The lowest BCUT2D eigenvalue weighted by Crippen LogP contribution is -2.23. The molecular formula is C26H34N4. The molecule has 0 fully saturated rings. The zero-order valence-corrected chi connectivity index (χ0v) is 18.6. The molecule has 1 aliphatic rings. The normalized spacial score (nSPS) is 13.3. The Labute approximate surface area is 180 Å². The summed E-state index contributed by atoms with van der Waals surface area (Å²) in [6, 6.07) is 10.7. The summed E-state index contributed by atoms with van der Waals surface area (Å²) in [4.78, 5) is 7.36. The van der Waals surface area contributed by atoms with Gasteiger partial charge >= 0.3 is 0 Å². The molecule has 0 N–H and O–H groups in total. The molecule has 0 aliphatic carbocycles. The number of aromatic nitrogens is 2. The van der Waals surface area contributed by atoms with Crippen molar-refractivity contribution in [2.45, 2.75) is 78.1 Å². The van der Waals surface area contributed by atoms with Gasteiger partial charge in [-0.25, -0.2) is 4.98 Å². The first kappa shape index (κ1) is 20.7. The summed E-state index contributed by atoms with van der Waals surface area (Å²) in [6.07, 6.45) is 13.2. The third-order valence-corrected chi connectivity index (χ3v) is 6.67. The van der Waals surface area contributed by atoms with E-state index in [4.69, 9.17) is 4.98 Å². The molecule has 0 bridgehead atoms. The van der Waals surface area contributed by atoms with Crippen molar-refractivity contribution in [1.29, 1.82) is 5.26 Å². The van der Waals surface area contributed by atoms with Crippen molar-refractivity contribution >= 4 is 22.5 Å². The highest BCUT2D eigenvalue weighted by molar-refractivity contribution is 5.86. The largest absolute Gasteiger partial charge is 0.357 e. The Bertz CT molecular complexity index is 1060. The second-order valence-corrected chi connectivity index (χ2v) is 8.74. The third kappa shape index (κ3) is 3.90. The summed E-state index contributed by atoms with van der Waals surface area (Å²) in [5.74, 6) is 1.27. The Morgan fingerprint density at radius 2 is 1.70 bits per heavy atom. The van der Waals surface area contributed by atoms with Gasteiger partial charge in [-0.2, -0.15) is 5.26 Å². The molecule has 158 valence electrons. The Morgan fingerprint density at radius 1 is 1.00 bits per heavy atom. The predicted molar refractivity (Wildman–Crippen MR) is 125 cm³/mol. The van der Waals surface area contributed by atoms with Crippen LogP contribution in [0.4, 0.5) is 5.82 Å². The van der Waals surface area contributed by atoms with Gasteiger partial charge in [-0.05, 0) is 43.0 Å². The highest BCUT2D eigenvalue weighted by Crippen LogP contribution is 2.37. The van der Waals surface area contributed by atoms with E-state index in [-0.39, 0.29) is 0 Å². The quantitative estimate of drug-likeness (QED) is 0.361. The van der Waals surface area contributed by atoms with Crippen molar-refractivity contribution < 1.29 is 0 Å². The molecule has 30 heavy (non-hydrogen) atoms. The van der Waals surface area contributed by atoms with Gasteiger partial charge in [0.2, 0.25) is 0 Å². The molecule has 4 rings (SSSR count). The molecule has 0 atom stereocenters. The van der Waals surface area contributed by atoms with Gasteiger partial charge < -0.3 is 4.90 Å². The number of nitriles is 1. The van der Waals surface area contributed by atoms with E-state index in [1.54, 1.807) is 0 Å². The standard InChI is InChI=1S/C26H34N4/c1-3-4-5-6-7-8-9-10-13-17-29-18-16-21-20(2)22(19-27)25-28-23-14-11-12-15-24(23)30(25)26(21)29/h11-12,14-15H,3-10,13,16-18H2,1-2H3. The molecule has 0 spiro atoms. The van der Waals surface area contributed by atoms with Crippen LogP contribution in [0.1, 0.15) is 81.4 Å². The number of imidazole rings is 1. The first-order valence-corrected chi connectivity index (χ1v) is 11.8. The second-order valence-electron chi connectivity index (χ2n) is 8.74. The van der Waals surface area contributed by atoms with Crippen LogP contribution in [0.25, 0.3) is 16.7 Å². The number of benzene rings is 1. The molecule has 0 saturated heterocycles. The average molecular weight is 403 g/mol. The number of rotatable bonds is 10. The highest BCUT2D eigenvalue weighted by Gasteiger charge is 2.28. The number of pyridine rings is 1. The first-order valence-electron chi connectivity index (χ1n) is 11.8. The average Bonchev–Trinajstić information content (AvgIpc) is 3.34. The molecule has 0 radical (unpaired) electrons. The van der Waals surface area contributed by atoms with Gasteiger partial charge in [-0.1, -0.05) is 70.4 Å². The van der Waals surface area contributed by atoms with Crippen LogP contribution >= 0.6 is 0 Å². The molecule has 3 aromatic rings. The van der Waals surface area contributed by atoms with E-state index in [9.17, 15) is 5.26 Å². The van der Waals surface area contributed by atoms with E-state index < -0.39 is 0 Å². The zero-order chi connectivity index (χ0) is 20.9. The van der Waals surface area contributed by atoms with Gasteiger partial charge in [0.15, 0.2) is 5.65 Å². The van der Waals surface area contributed by atoms with Crippen molar-refractivity contribution in [3.63, 3.8) is 0 Å². The van der Waals surface area contributed by atoms with Crippen LogP contribution in [0, 0.1) is 18.3 Å². The first-order chi connectivity index (χ1) is 14.8. The minimum atomic E-state index is 0.731. The van der Waals surface area contributed by atoms with Crippen LogP contribution < -0.4 is 4.90 Å². The number of para-hydroxylation sites is 2. The monoisotopic (exact) mass is 402 g/mol. The fourth-order valence-electron chi connectivity index (χ4n) is 4.98. The Kier molecular flexibility index (Phi) is 6.57. The summed E-state index contributed by atoms with van der Waals surface area (Å²) in [6.45, 7) is 6.51. The predicted octanol–water partition coefficient (Wildman–Crippen LogP) is 6.56. The van der Waals surface area contributed by atoms with Crippen LogP contribution in [0.15, 0.2) is 24.3 Å². The summed E-state index contributed by atoms with van der Waals surface area (Å²) in [5, 5.41) is 9.81. The Hall–Kier alpha value is -2.54. The number of nitrogens with zero attached hydrogens (tertiary/aromatic N) is 4. The summed E-state index contributed by atoms with van der Waals surface area (Å²) >= 11 is 0. The summed E-state index contributed by atoms with van der Waals surface area (Å²) in [7, 11) is 0. The van der Waals surface area contributed by atoms with Crippen LogP contribution in [-0.4, -0.2) is 22.5 Å². The van der Waals surface area contributed by atoms with Gasteiger partial charge in [-0.15, -0.1) is 0 Å². The van der Waals surface area contributed by atoms with Crippen molar-refractivity contribution in [3.05, 3.63) is 41.0 Å². The van der Waals surface area contributed by atoms with Crippen molar-refractivity contribution in [1.82, 2.24) is 9.38 Å². The Balaban J connectivity index is 1.49. The molecule has 1 aliphatic heterocycles. The van der Waals surface area contributed by atoms with E-state index >= 15 is 0 Å². The van der Waals surface area contributed by atoms with E-state index in [0.29, 0.717) is 0 Å². The Morgan fingerprint density at radius 3 is 2.43 bits per heavy atom. The van der Waals surface area contributed by atoms with Crippen LogP contribution in [-0.2, 0) is 6.42 Å². The number of hydrogen-bond donors (Lipinski definition) is 0. The van der Waals surface area contributed by atoms with Crippen LogP contribution in [0.5, 0.6) is 0 Å². The SMILES string of the molecule is CCCCCCCCCCCN1CCc2c(C)c(C#N)c3nc4ccccc4n3c21. The fraction of sp³-hybridized carbons (Fsp3) is 0.538. The highest BCUT2D eigenvalue weighted by atomic mass is 15.3. The molecule has 2 aromatic heterocycles. The maximum atomic E-state index is 9.81. The topological polar surface area (TPSA) is 44.3 Å². The molecule has 0 amide bonds. The number of unbranched alkanes of at least 4 members (excludes halogenated alkanes) is 8. The smallest absolute Gasteiger partial charge is 0.157 e. The maximum Gasteiger partial charge on any atom is 0.157 e. The lowest BCUT2D eigenvalue weighted by Gasteiger charge is -2.22. The van der Waals surface area contributed by atoms with Gasteiger partial charge in [0.25, 0.3) is 0 Å². The molecule has 3 heterocycles. The lowest BCUT2D eigenvalue weighted by atomic mass is 10.0. The maximum absolute atomic E-state index is 9.81. The third-order valence-electron chi connectivity index (χ3n) is 6.67. The zero-order valence-electron chi connectivity index (χ0n) is 18.6. The van der Waals surface area contributed by atoms with Crippen molar-refractivity contribution in [3.8, 4) is 6.07 Å².